The monoisotopic (exact) mass is 365 g/mol. The van der Waals surface area contributed by atoms with Crippen LogP contribution in [-0.4, -0.2) is 20.3 Å². The minimum atomic E-state index is -0.209. The lowest BCUT2D eigenvalue weighted by Gasteiger charge is -2.09. The van der Waals surface area contributed by atoms with Crippen LogP contribution in [0.3, 0.4) is 0 Å². The lowest BCUT2D eigenvalue weighted by Crippen LogP contribution is -2.07. The fourth-order valence-corrected chi connectivity index (χ4v) is 3.26. The van der Waals surface area contributed by atoms with Gasteiger partial charge in [0.15, 0.2) is 0 Å². The van der Waals surface area contributed by atoms with E-state index in [0.717, 1.165) is 16.5 Å². The average Bonchev–Trinajstić information content (AvgIpc) is 2.99. The number of aromatic nitrogens is 3. The van der Waals surface area contributed by atoms with Crippen LogP contribution >= 0.6 is 11.6 Å². The quantitative estimate of drug-likeness (QED) is 0.476. The summed E-state index contributed by atoms with van der Waals surface area (Å²) < 4.78 is 0. The molecule has 130 valence electrons. The summed E-state index contributed by atoms with van der Waals surface area (Å²) in [6.45, 7) is 2.01. The zero-order valence-electron chi connectivity index (χ0n) is 14.0. The van der Waals surface area contributed by atoms with Gasteiger partial charge in [-0.15, -0.1) is 0 Å². The molecule has 0 aliphatic carbocycles. The van der Waals surface area contributed by atoms with Crippen LogP contribution < -0.4 is 5.56 Å². The Labute approximate surface area is 154 Å². The van der Waals surface area contributed by atoms with Crippen molar-refractivity contribution in [3.8, 4) is 17.0 Å². The molecule has 4 rings (SSSR count). The van der Waals surface area contributed by atoms with Crippen LogP contribution in [0.5, 0.6) is 5.75 Å². The largest absolute Gasteiger partial charge is 0.508 e. The molecule has 0 aliphatic rings. The first-order valence-electron chi connectivity index (χ1n) is 8.16. The van der Waals surface area contributed by atoms with Crippen molar-refractivity contribution < 1.29 is 5.11 Å². The highest BCUT2D eigenvalue weighted by molar-refractivity contribution is 6.29. The number of aromatic amines is 2. The zero-order valence-corrected chi connectivity index (χ0v) is 14.8. The molecule has 0 aliphatic heterocycles. The Balaban J connectivity index is 1.85. The number of rotatable bonds is 3. The van der Waals surface area contributed by atoms with Gasteiger partial charge >= 0.3 is 0 Å². The van der Waals surface area contributed by atoms with Crippen LogP contribution in [0.4, 0.5) is 0 Å². The summed E-state index contributed by atoms with van der Waals surface area (Å²) in [6, 6.07) is 14.7. The molecule has 2 heterocycles. The molecule has 0 fully saturated rings. The molecule has 26 heavy (non-hydrogen) atoms. The van der Waals surface area contributed by atoms with E-state index in [9.17, 15) is 9.90 Å². The van der Waals surface area contributed by atoms with Gasteiger partial charge in [0.1, 0.15) is 10.9 Å². The Morgan fingerprint density at radius 2 is 1.77 bits per heavy atom. The Morgan fingerprint density at radius 3 is 2.54 bits per heavy atom. The highest BCUT2D eigenvalue weighted by Gasteiger charge is 2.17. The molecule has 0 amide bonds. The van der Waals surface area contributed by atoms with Crippen molar-refractivity contribution in [3.05, 3.63) is 80.7 Å². The number of phenols is 1. The molecule has 4 aromatic rings. The van der Waals surface area contributed by atoms with Gasteiger partial charge in [-0.3, -0.25) is 15.0 Å². The van der Waals surface area contributed by atoms with Gasteiger partial charge in [-0.2, -0.15) is 0 Å². The molecule has 0 unspecified atom stereocenters. The number of halogens is 1. The highest BCUT2D eigenvalue weighted by atomic mass is 35.5. The zero-order chi connectivity index (χ0) is 18.3. The minimum Gasteiger partial charge on any atom is -0.508 e. The van der Waals surface area contributed by atoms with Crippen molar-refractivity contribution in [2.24, 2.45) is 0 Å². The van der Waals surface area contributed by atoms with Gasteiger partial charge in [0.25, 0.3) is 5.56 Å². The Hall–Kier alpha value is -3.05. The van der Waals surface area contributed by atoms with E-state index in [4.69, 9.17) is 11.6 Å². The summed E-state index contributed by atoms with van der Waals surface area (Å²) in [7, 11) is 0. The molecule has 6 heteroatoms. The number of benzene rings is 2. The molecular formula is C20H16ClN3O2. The van der Waals surface area contributed by atoms with E-state index < -0.39 is 0 Å². The third kappa shape index (κ3) is 2.86. The number of hydrogen-bond acceptors (Lipinski definition) is 3. The fourth-order valence-electron chi connectivity index (χ4n) is 3.11. The van der Waals surface area contributed by atoms with E-state index in [1.807, 2.05) is 37.3 Å². The first-order chi connectivity index (χ1) is 12.5. The maximum atomic E-state index is 12.4. The van der Waals surface area contributed by atoms with Crippen LogP contribution in [-0.2, 0) is 6.42 Å². The third-order valence-corrected chi connectivity index (χ3v) is 4.71. The van der Waals surface area contributed by atoms with E-state index >= 15 is 0 Å². The van der Waals surface area contributed by atoms with Crippen LogP contribution in [0.15, 0.2) is 53.3 Å². The minimum absolute atomic E-state index is 0.122. The second-order valence-electron chi connectivity index (χ2n) is 6.24. The number of phenolic OH excluding ortho intramolecular Hbond substituents is 1. The van der Waals surface area contributed by atoms with Crippen molar-refractivity contribution in [2.45, 2.75) is 13.3 Å². The molecule has 0 saturated carbocycles. The first-order valence-corrected chi connectivity index (χ1v) is 8.54. The maximum absolute atomic E-state index is 12.4. The van der Waals surface area contributed by atoms with Crippen molar-refractivity contribution in [1.82, 2.24) is 15.2 Å². The van der Waals surface area contributed by atoms with Gasteiger partial charge in [0.2, 0.25) is 0 Å². The molecule has 0 saturated heterocycles. The number of pyridine rings is 1. The van der Waals surface area contributed by atoms with Gasteiger partial charge in [-0.25, -0.2) is 4.98 Å². The molecule has 0 radical (unpaired) electrons. The summed E-state index contributed by atoms with van der Waals surface area (Å²) in [5, 5.41) is 17.1. The van der Waals surface area contributed by atoms with E-state index in [1.54, 1.807) is 18.2 Å². The van der Waals surface area contributed by atoms with Gasteiger partial charge in [0.05, 0.1) is 11.2 Å². The molecule has 0 atom stereocenters. The smallest absolute Gasteiger partial charge is 0.268 e. The van der Waals surface area contributed by atoms with Gasteiger partial charge in [-0.05, 0) is 36.8 Å². The predicted molar refractivity (Wildman–Crippen MR) is 103 cm³/mol. The van der Waals surface area contributed by atoms with E-state index in [0.29, 0.717) is 27.5 Å². The number of fused-ring (bicyclic) bond motifs is 1. The summed E-state index contributed by atoms with van der Waals surface area (Å²) in [5.41, 5.74) is 4.44. The van der Waals surface area contributed by atoms with E-state index in [2.05, 4.69) is 15.2 Å². The van der Waals surface area contributed by atoms with E-state index in [-0.39, 0.29) is 17.7 Å². The molecular weight excluding hydrogens is 350 g/mol. The Morgan fingerprint density at radius 1 is 1.00 bits per heavy atom. The summed E-state index contributed by atoms with van der Waals surface area (Å²) >= 11 is 5.96. The van der Waals surface area contributed by atoms with Crippen LogP contribution in [0, 0.1) is 6.92 Å². The number of nitrogens with zero attached hydrogens (tertiary/aromatic N) is 1. The number of hydrogen-bond donors (Lipinski definition) is 3. The van der Waals surface area contributed by atoms with Crippen LogP contribution in [0.1, 0.15) is 16.7 Å². The average molecular weight is 366 g/mol. The summed E-state index contributed by atoms with van der Waals surface area (Å²) in [4.78, 5) is 16.7. The van der Waals surface area contributed by atoms with Crippen LogP contribution in [0.25, 0.3) is 22.2 Å². The normalized spacial score (nSPS) is 11.2. The number of aromatic hydroxyl groups is 1. The fraction of sp³-hybridized carbons (Fsp3) is 0.100. The Bertz CT molecular complexity index is 1160. The lowest BCUT2D eigenvalue weighted by atomic mass is 9.97. The van der Waals surface area contributed by atoms with Crippen molar-refractivity contribution >= 4 is 22.5 Å². The van der Waals surface area contributed by atoms with Gasteiger partial charge in [-0.1, -0.05) is 41.4 Å². The van der Waals surface area contributed by atoms with Crippen molar-refractivity contribution in [1.29, 1.82) is 0 Å². The number of nitrogens with one attached hydrogen (secondary N) is 2. The molecule has 0 spiro atoms. The summed E-state index contributed by atoms with van der Waals surface area (Å²) in [6.07, 6.45) is 0.272. The molecule has 0 bridgehead atoms. The predicted octanol–water partition coefficient (Wildman–Crippen LogP) is 4.18. The van der Waals surface area contributed by atoms with Crippen molar-refractivity contribution in [3.63, 3.8) is 0 Å². The standard InChI is InChI=1S/C20H16ClN3O2/c1-11-2-4-12(5-3-11)19-15(20(26)24-23-19)10-14-13-6-9-18(21)22-16(13)7-8-17(14)25/h2-9,25H,10H2,1H3,(H2,23,24,26). The molecule has 5 nitrogen and oxygen atoms in total. The summed E-state index contributed by atoms with van der Waals surface area (Å²) in [5.74, 6) is 0.122. The number of H-pyrrole nitrogens is 2. The van der Waals surface area contributed by atoms with Crippen LogP contribution in [0.2, 0.25) is 5.15 Å². The highest BCUT2D eigenvalue weighted by Crippen LogP contribution is 2.31. The lowest BCUT2D eigenvalue weighted by molar-refractivity contribution is 0.470. The topological polar surface area (TPSA) is 81.8 Å². The second-order valence-corrected chi connectivity index (χ2v) is 6.63. The van der Waals surface area contributed by atoms with Gasteiger partial charge in [0, 0.05) is 22.9 Å². The first kappa shape index (κ1) is 16.4. The van der Waals surface area contributed by atoms with Gasteiger partial charge < -0.3 is 5.11 Å². The van der Waals surface area contributed by atoms with E-state index in [1.165, 1.54) is 0 Å². The molecule has 2 aromatic heterocycles. The molecule has 3 N–H and O–H groups in total. The number of aryl methyl sites for hydroxylation is 1. The third-order valence-electron chi connectivity index (χ3n) is 4.49. The molecule has 2 aromatic carbocycles. The second kappa shape index (κ2) is 6.35. The SMILES string of the molecule is Cc1ccc(-c2[nH][nH]c(=O)c2Cc2c(O)ccc3nc(Cl)ccc23)cc1. The van der Waals surface area contributed by atoms with Crippen molar-refractivity contribution in [2.75, 3.05) is 0 Å². The Kier molecular flexibility index (Phi) is 4.01. The maximum Gasteiger partial charge on any atom is 0.268 e.